The van der Waals surface area contributed by atoms with E-state index in [0.717, 1.165) is 0 Å². The van der Waals surface area contributed by atoms with Crippen LogP contribution in [-0.2, 0) is 14.3 Å². The molecule has 6 heteroatoms. The second-order valence-electron chi connectivity index (χ2n) is 2.03. The van der Waals surface area contributed by atoms with Crippen LogP contribution in [0.1, 0.15) is 0 Å². The van der Waals surface area contributed by atoms with Crippen LogP contribution in [-0.4, -0.2) is 31.8 Å². The second-order valence-corrected chi connectivity index (χ2v) is 2.03. The van der Waals surface area contributed by atoms with Crippen molar-refractivity contribution in [3.8, 4) is 0 Å². The minimum absolute atomic E-state index is 0.191. The third-order valence-corrected chi connectivity index (χ3v) is 1.34. The first kappa shape index (κ1) is 7.84. The number of epoxide rings is 1. The first-order valence-corrected chi connectivity index (χ1v) is 3.03. The molecule has 0 unspecified atom stereocenters. The number of nitrogens with zero attached hydrogens (tertiary/aromatic N) is 3. The third-order valence-electron chi connectivity index (χ3n) is 1.34. The Bertz CT molecular complexity index is 211. The van der Waals surface area contributed by atoms with Crippen molar-refractivity contribution < 1.29 is 14.3 Å². The van der Waals surface area contributed by atoms with Gasteiger partial charge in [-0.2, -0.15) is 0 Å². The van der Waals surface area contributed by atoms with Gasteiger partial charge in [-0.15, -0.1) is 0 Å². The van der Waals surface area contributed by atoms with Crippen LogP contribution < -0.4 is 0 Å². The van der Waals surface area contributed by atoms with E-state index in [1.165, 1.54) is 7.11 Å². The Morgan fingerprint density at radius 3 is 3.18 bits per heavy atom. The minimum atomic E-state index is -0.523. The summed E-state index contributed by atoms with van der Waals surface area (Å²) in [7, 11) is 1.29. The molecule has 1 rings (SSSR count). The largest absolute Gasteiger partial charge is 0.467 e. The molecule has 1 aliphatic heterocycles. The van der Waals surface area contributed by atoms with Crippen molar-refractivity contribution >= 4 is 5.97 Å². The van der Waals surface area contributed by atoms with E-state index in [1.807, 2.05) is 0 Å². The van der Waals surface area contributed by atoms with Crippen molar-refractivity contribution in [1.29, 1.82) is 0 Å². The van der Waals surface area contributed by atoms with Crippen molar-refractivity contribution in [2.45, 2.75) is 12.2 Å². The molecular formula is C5H7N3O3. The number of rotatable bonds is 3. The predicted octanol–water partition coefficient (Wildman–Crippen LogP) is 0.237. The van der Waals surface area contributed by atoms with Gasteiger partial charge in [-0.3, -0.25) is 0 Å². The molecule has 1 saturated heterocycles. The third kappa shape index (κ3) is 1.83. The smallest absolute Gasteiger partial charge is 0.337 e. The Morgan fingerprint density at radius 2 is 2.64 bits per heavy atom. The monoisotopic (exact) mass is 157 g/mol. The van der Waals surface area contributed by atoms with Crippen molar-refractivity contribution in [2.24, 2.45) is 5.11 Å². The highest BCUT2D eigenvalue weighted by atomic mass is 16.6. The minimum Gasteiger partial charge on any atom is -0.467 e. The second kappa shape index (κ2) is 3.23. The molecule has 0 spiro atoms. The fourth-order valence-corrected chi connectivity index (χ4v) is 0.722. The quantitative estimate of drug-likeness (QED) is 0.193. The number of carbonyl (C=O) groups is 1. The van der Waals surface area contributed by atoms with E-state index in [9.17, 15) is 4.79 Å². The zero-order valence-corrected chi connectivity index (χ0v) is 5.93. The summed E-state index contributed by atoms with van der Waals surface area (Å²) in [6, 6.07) is 0. The molecule has 1 heterocycles. The van der Waals surface area contributed by atoms with Crippen LogP contribution >= 0.6 is 0 Å². The Hall–Kier alpha value is -1.26. The number of esters is 1. The van der Waals surface area contributed by atoms with Crippen LogP contribution in [0, 0.1) is 0 Å². The fourth-order valence-electron chi connectivity index (χ4n) is 0.722. The molecule has 0 aromatic heterocycles. The molecule has 0 radical (unpaired) electrons. The SMILES string of the molecule is COC(=O)[C@@H]1O[C@@H]1CN=[N+]=[N-]. The molecule has 0 amide bonds. The van der Waals surface area contributed by atoms with Gasteiger partial charge < -0.3 is 9.47 Å². The lowest BCUT2D eigenvalue weighted by atomic mass is 10.3. The maximum Gasteiger partial charge on any atom is 0.337 e. The number of hydrogen-bond acceptors (Lipinski definition) is 4. The fraction of sp³-hybridized carbons (Fsp3) is 0.800. The van der Waals surface area contributed by atoms with Gasteiger partial charge in [0.15, 0.2) is 6.10 Å². The van der Waals surface area contributed by atoms with E-state index in [1.54, 1.807) is 0 Å². The number of ether oxygens (including phenoxy) is 2. The van der Waals surface area contributed by atoms with Crippen molar-refractivity contribution in [3.05, 3.63) is 10.4 Å². The van der Waals surface area contributed by atoms with Crippen LogP contribution in [0.4, 0.5) is 0 Å². The highest BCUT2D eigenvalue weighted by molar-refractivity contribution is 5.77. The van der Waals surface area contributed by atoms with Crippen LogP contribution in [0.3, 0.4) is 0 Å². The lowest BCUT2D eigenvalue weighted by Crippen LogP contribution is -2.12. The van der Waals surface area contributed by atoms with Crippen molar-refractivity contribution in [3.63, 3.8) is 0 Å². The van der Waals surface area contributed by atoms with Gasteiger partial charge in [-0.1, -0.05) is 5.11 Å². The maximum atomic E-state index is 10.7. The van der Waals surface area contributed by atoms with Crippen LogP contribution in [0.5, 0.6) is 0 Å². The number of azide groups is 1. The summed E-state index contributed by atoms with van der Waals surface area (Å²) in [5, 5.41) is 3.25. The predicted molar refractivity (Wildman–Crippen MR) is 34.7 cm³/mol. The lowest BCUT2D eigenvalue weighted by molar-refractivity contribution is -0.142. The zero-order valence-electron chi connectivity index (χ0n) is 5.93. The molecule has 0 bridgehead atoms. The van der Waals surface area contributed by atoms with E-state index in [2.05, 4.69) is 14.8 Å². The first-order valence-electron chi connectivity index (χ1n) is 3.03. The molecule has 11 heavy (non-hydrogen) atoms. The molecule has 2 atom stereocenters. The average Bonchev–Trinajstić information content (AvgIpc) is 2.78. The number of methoxy groups -OCH3 is 1. The van der Waals surface area contributed by atoms with E-state index in [4.69, 9.17) is 10.3 Å². The maximum absolute atomic E-state index is 10.7. The van der Waals surface area contributed by atoms with Gasteiger partial charge in [-0.05, 0) is 5.53 Å². The van der Waals surface area contributed by atoms with Gasteiger partial charge in [0.05, 0.1) is 13.7 Å². The standard InChI is InChI=1S/C5H7N3O3/c1-10-5(9)4-3(11-4)2-7-8-6/h3-4H,2H2,1H3/t3-,4-/m1/s1. The molecule has 0 aromatic carbocycles. The summed E-state index contributed by atoms with van der Waals surface area (Å²) < 4.78 is 9.22. The normalized spacial score (nSPS) is 27.0. The summed E-state index contributed by atoms with van der Waals surface area (Å²) in [5.74, 6) is -0.414. The molecule has 1 fully saturated rings. The molecule has 6 nitrogen and oxygen atoms in total. The van der Waals surface area contributed by atoms with E-state index in [0.29, 0.717) is 0 Å². The number of hydrogen-bond donors (Lipinski definition) is 0. The Labute approximate surface area is 62.7 Å². The van der Waals surface area contributed by atoms with Gasteiger partial charge in [0.25, 0.3) is 0 Å². The highest BCUT2D eigenvalue weighted by Gasteiger charge is 2.45. The van der Waals surface area contributed by atoms with Gasteiger partial charge in [0, 0.05) is 4.91 Å². The van der Waals surface area contributed by atoms with Crippen LogP contribution in [0.15, 0.2) is 5.11 Å². The summed E-state index contributed by atoms with van der Waals surface area (Å²) in [4.78, 5) is 13.2. The van der Waals surface area contributed by atoms with Gasteiger partial charge in [0.2, 0.25) is 0 Å². The van der Waals surface area contributed by atoms with Gasteiger partial charge >= 0.3 is 5.97 Å². The van der Waals surface area contributed by atoms with Crippen molar-refractivity contribution in [1.82, 2.24) is 0 Å². The van der Waals surface area contributed by atoms with Crippen LogP contribution in [0.2, 0.25) is 0 Å². The lowest BCUT2D eigenvalue weighted by Gasteiger charge is -1.89. The summed E-state index contributed by atoms with van der Waals surface area (Å²) >= 11 is 0. The van der Waals surface area contributed by atoms with Crippen LogP contribution in [0.25, 0.3) is 10.4 Å². The molecule has 0 saturated carbocycles. The summed E-state index contributed by atoms with van der Waals surface area (Å²) in [6.45, 7) is 0.191. The number of carbonyl (C=O) groups excluding carboxylic acids is 1. The first-order chi connectivity index (χ1) is 5.29. The average molecular weight is 157 g/mol. The molecule has 0 aromatic rings. The Morgan fingerprint density at radius 1 is 1.91 bits per heavy atom. The van der Waals surface area contributed by atoms with Crippen molar-refractivity contribution in [2.75, 3.05) is 13.7 Å². The summed E-state index contributed by atoms with van der Waals surface area (Å²) in [6.07, 6.45) is -0.802. The Balaban J connectivity index is 2.26. The van der Waals surface area contributed by atoms with Gasteiger partial charge in [0.1, 0.15) is 6.10 Å². The molecule has 0 aliphatic carbocycles. The van der Waals surface area contributed by atoms with E-state index < -0.39 is 12.1 Å². The van der Waals surface area contributed by atoms with E-state index in [-0.39, 0.29) is 12.6 Å². The highest BCUT2D eigenvalue weighted by Crippen LogP contribution is 2.23. The molecule has 60 valence electrons. The molecule has 1 aliphatic rings. The molecule has 0 N–H and O–H groups in total. The van der Waals surface area contributed by atoms with Gasteiger partial charge in [-0.25, -0.2) is 4.79 Å². The zero-order chi connectivity index (χ0) is 8.27. The summed E-state index contributed by atoms with van der Waals surface area (Å²) in [5.41, 5.74) is 7.91. The Kier molecular flexibility index (Phi) is 2.30. The van der Waals surface area contributed by atoms with E-state index >= 15 is 0 Å². The topological polar surface area (TPSA) is 87.6 Å². The molecular weight excluding hydrogens is 150 g/mol.